The van der Waals surface area contributed by atoms with Crippen LogP contribution in [0, 0.1) is 0 Å². The highest BCUT2D eigenvalue weighted by Gasteiger charge is 2.38. The summed E-state index contributed by atoms with van der Waals surface area (Å²) < 4.78 is 16.0. The van der Waals surface area contributed by atoms with Crippen molar-refractivity contribution in [2.45, 2.75) is 33.6 Å². The number of hydrogen-bond donors (Lipinski definition) is 1. The summed E-state index contributed by atoms with van der Waals surface area (Å²) in [5, 5.41) is 6.01. The van der Waals surface area contributed by atoms with E-state index in [4.69, 9.17) is 19.2 Å². The summed E-state index contributed by atoms with van der Waals surface area (Å²) >= 11 is 1.53. The fourth-order valence-corrected chi connectivity index (χ4v) is 5.26. The molecule has 0 spiro atoms. The molecule has 4 rings (SSSR count). The second kappa shape index (κ2) is 11.4. The number of methoxy groups -OCH3 is 1. The summed E-state index contributed by atoms with van der Waals surface area (Å²) in [4.78, 5) is 31.0. The Bertz CT molecular complexity index is 1330. The lowest BCUT2D eigenvalue weighted by molar-refractivity contribution is -0.139. The topological polar surface area (TPSA) is 86.8 Å². The van der Waals surface area contributed by atoms with Crippen molar-refractivity contribution in [2.24, 2.45) is 0 Å². The zero-order valence-electron chi connectivity index (χ0n) is 21.6. The first-order chi connectivity index (χ1) is 17.9. The molecule has 1 aliphatic heterocycles. The Morgan fingerprint density at radius 2 is 1.54 bits per heavy atom. The molecule has 2 aromatic carbocycles. The van der Waals surface area contributed by atoms with Gasteiger partial charge in [0, 0.05) is 27.9 Å². The highest BCUT2D eigenvalue weighted by atomic mass is 32.1. The van der Waals surface area contributed by atoms with Crippen molar-refractivity contribution in [1.82, 2.24) is 10.3 Å². The highest BCUT2D eigenvalue weighted by molar-refractivity contribution is 7.13. The standard InChI is InChI=1S/C29H30N2O5S/c1-6-35-28(32)24-17(3)30-18(4)25(29(33)36-7-2)26(24)20-9-8-10-21(15-20)27-31-23(16-37-27)19-11-13-22(34-5)14-12-19/h8-16,26,30H,6-7H2,1-5H3. The molecule has 0 fully saturated rings. The van der Waals surface area contributed by atoms with Gasteiger partial charge in [-0.1, -0.05) is 18.2 Å². The Kier molecular flexibility index (Phi) is 8.08. The van der Waals surface area contributed by atoms with Crippen LogP contribution in [-0.2, 0) is 19.1 Å². The van der Waals surface area contributed by atoms with Gasteiger partial charge in [-0.3, -0.25) is 0 Å². The monoisotopic (exact) mass is 518 g/mol. The summed E-state index contributed by atoms with van der Waals surface area (Å²) in [6.45, 7) is 7.61. The Hall–Kier alpha value is -3.91. The SMILES string of the molecule is CCOC(=O)C1=C(C)NC(C)=C(C(=O)OCC)C1c1cccc(-c2nc(-c3ccc(OC)cc3)cs2)c1. The van der Waals surface area contributed by atoms with Gasteiger partial charge in [-0.25, -0.2) is 14.6 Å². The molecule has 3 aromatic rings. The van der Waals surface area contributed by atoms with E-state index in [-0.39, 0.29) is 13.2 Å². The van der Waals surface area contributed by atoms with E-state index in [1.807, 2.05) is 67.8 Å². The summed E-state index contributed by atoms with van der Waals surface area (Å²) in [7, 11) is 1.64. The molecular formula is C29H30N2O5S. The molecule has 1 N–H and O–H groups in total. The molecule has 0 saturated heterocycles. The van der Waals surface area contributed by atoms with Crippen molar-refractivity contribution in [1.29, 1.82) is 0 Å². The summed E-state index contributed by atoms with van der Waals surface area (Å²) in [6, 6.07) is 15.5. The predicted molar refractivity (Wildman–Crippen MR) is 144 cm³/mol. The summed E-state index contributed by atoms with van der Waals surface area (Å²) in [6.07, 6.45) is 0. The molecule has 37 heavy (non-hydrogen) atoms. The first kappa shape index (κ1) is 26.2. The third-order valence-corrected chi connectivity index (χ3v) is 7.00. The molecule has 0 unspecified atom stereocenters. The van der Waals surface area contributed by atoms with Crippen LogP contribution < -0.4 is 10.1 Å². The number of ether oxygens (including phenoxy) is 3. The quantitative estimate of drug-likeness (QED) is 0.375. The number of rotatable bonds is 8. The van der Waals surface area contributed by atoms with E-state index in [1.54, 1.807) is 21.0 Å². The number of hydrogen-bond acceptors (Lipinski definition) is 8. The zero-order chi connectivity index (χ0) is 26.5. The second-order valence-corrected chi connectivity index (χ2v) is 9.33. The van der Waals surface area contributed by atoms with Crippen molar-refractivity contribution in [2.75, 3.05) is 20.3 Å². The Morgan fingerprint density at radius 3 is 2.11 bits per heavy atom. The molecule has 7 nitrogen and oxygen atoms in total. The zero-order valence-corrected chi connectivity index (χ0v) is 22.4. The maximum absolute atomic E-state index is 13.1. The molecule has 1 aromatic heterocycles. The number of esters is 2. The number of carbonyl (C=O) groups is 2. The predicted octanol–water partition coefficient (Wildman–Crippen LogP) is 5.85. The number of benzene rings is 2. The van der Waals surface area contributed by atoms with E-state index in [2.05, 4.69) is 5.32 Å². The number of dihydropyridines is 1. The highest BCUT2D eigenvalue weighted by Crippen LogP contribution is 2.41. The van der Waals surface area contributed by atoms with Gasteiger partial charge in [0.15, 0.2) is 0 Å². The fraction of sp³-hybridized carbons (Fsp3) is 0.276. The normalized spacial score (nSPS) is 13.9. The van der Waals surface area contributed by atoms with Crippen molar-refractivity contribution in [3.63, 3.8) is 0 Å². The number of allylic oxidation sites excluding steroid dienone is 2. The van der Waals surface area contributed by atoms with Crippen molar-refractivity contribution < 1.29 is 23.8 Å². The van der Waals surface area contributed by atoms with E-state index in [0.717, 1.165) is 33.1 Å². The Morgan fingerprint density at radius 1 is 0.919 bits per heavy atom. The van der Waals surface area contributed by atoms with Gasteiger partial charge in [-0.15, -0.1) is 11.3 Å². The van der Waals surface area contributed by atoms with Gasteiger partial charge in [-0.2, -0.15) is 0 Å². The largest absolute Gasteiger partial charge is 0.497 e. The molecule has 0 amide bonds. The molecule has 0 radical (unpaired) electrons. The number of aromatic nitrogens is 1. The molecule has 1 aliphatic rings. The Balaban J connectivity index is 1.77. The second-order valence-electron chi connectivity index (χ2n) is 8.47. The van der Waals surface area contributed by atoms with Gasteiger partial charge in [-0.05, 0) is 63.6 Å². The van der Waals surface area contributed by atoms with Crippen molar-refractivity contribution in [3.8, 4) is 27.6 Å². The van der Waals surface area contributed by atoms with Gasteiger partial charge >= 0.3 is 11.9 Å². The molecule has 0 aliphatic carbocycles. The summed E-state index contributed by atoms with van der Waals surface area (Å²) in [5.41, 5.74) is 5.61. The van der Waals surface area contributed by atoms with Crippen LogP contribution >= 0.6 is 11.3 Å². The average Bonchev–Trinajstić information content (AvgIpc) is 3.39. The van der Waals surface area contributed by atoms with E-state index in [9.17, 15) is 9.59 Å². The Labute approximate surface area is 220 Å². The molecule has 2 heterocycles. The lowest BCUT2D eigenvalue weighted by atomic mass is 9.80. The van der Waals surface area contributed by atoms with Crippen LogP contribution in [0.5, 0.6) is 5.75 Å². The van der Waals surface area contributed by atoms with Crippen LogP contribution in [-0.4, -0.2) is 37.2 Å². The maximum atomic E-state index is 13.1. The van der Waals surface area contributed by atoms with Crippen LogP contribution in [0.25, 0.3) is 21.8 Å². The third-order valence-electron chi connectivity index (χ3n) is 6.11. The van der Waals surface area contributed by atoms with E-state index >= 15 is 0 Å². The first-order valence-corrected chi connectivity index (χ1v) is 13.0. The minimum Gasteiger partial charge on any atom is -0.497 e. The average molecular weight is 519 g/mol. The van der Waals surface area contributed by atoms with Gasteiger partial charge in [0.05, 0.1) is 43.1 Å². The number of nitrogens with one attached hydrogen (secondary N) is 1. The molecule has 192 valence electrons. The molecule has 8 heteroatoms. The number of thiazole rings is 1. The van der Waals surface area contributed by atoms with Gasteiger partial charge in [0.2, 0.25) is 0 Å². The minimum absolute atomic E-state index is 0.229. The third kappa shape index (κ3) is 5.44. The lowest BCUT2D eigenvalue weighted by Gasteiger charge is -2.30. The number of carbonyl (C=O) groups excluding carboxylic acids is 2. The lowest BCUT2D eigenvalue weighted by Crippen LogP contribution is -2.32. The van der Waals surface area contributed by atoms with Crippen LogP contribution in [0.1, 0.15) is 39.2 Å². The van der Waals surface area contributed by atoms with Crippen molar-refractivity contribution >= 4 is 23.3 Å². The van der Waals surface area contributed by atoms with E-state index < -0.39 is 17.9 Å². The van der Waals surface area contributed by atoms with Crippen LogP contribution in [0.15, 0.2) is 76.5 Å². The van der Waals surface area contributed by atoms with Gasteiger partial charge < -0.3 is 19.5 Å². The van der Waals surface area contributed by atoms with Crippen LogP contribution in [0.4, 0.5) is 0 Å². The molecule has 0 atom stereocenters. The van der Waals surface area contributed by atoms with Gasteiger partial charge in [0.1, 0.15) is 10.8 Å². The first-order valence-electron chi connectivity index (χ1n) is 12.1. The van der Waals surface area contributed by atoms with Gasteiger partial charge in [0.25, 0.3) is 0 Å². The summed E-state index contributed by atoms with van der Waals surface area (Å²) in [5.74, 6) is -0.780. The van der Waals surface area contributed by atoms with Crippen LogP contribution in [0.2, 0.25) is 0 Å². The molecular weight excluding hydrogens is 488 g/mol. The molecule has 0 saturated carbocycles. The van der Waals surface area contributed by atoms with Crippen LogP contribution in [0.3, 0.4) is 0 Å². The maximum Gasteiger partial charge on any atom is 0.336 e. The van der Waals surface area contributed by atoms with E-state index in [1.165, 1.54) is 11.3 Å². The fourth-order valence-electron chi connectivity index (χ4n) is 4.44. The molecule has 0 bridgehead atoms. The van der Waals surface area contributed by atoms with E-state index in [0.29, 0.717) is 22.5 Å². The number of nitrogens with zero attached hydrogens (tertiary/aromatic N) is 1. The smallest absolute Gasteiger partial charge is 0.336 e. The minimum atomic E-state index is -0.639. The van der Waals surface area contributed by atoms with Crippen molar-refractivity contribution in [3.05, 3.63) is 82.0 Å².